The van der Waals surface area contributed by atoms with Crippen LogP contribution in [0.5, 0.6) is 0 Å². The summed E-state index contributed by atoms with van der Waals surface area (Å²) >= 11 is 0. The first kappa shape index (κ1) is 21.1. The summed E-state index contributed by atoms with van der Waals surface area (Å²) in [5.41, 5.74) is 0.814. The summed E-state index contributed by atoms with van der Waals surface area (Å²) in [5, 5.41) is 14.4. The van der Waals surface area contributed by atoms with E-state index in [1.54, 1.807) is 0 Å². The topological polar surface area (TPSA) is 116 Å². The van der Waals surface area contributed by atoms with E-state index in [9.17, 15) is 24.3 Å². The van der Waals surface area contributed by atoms with E-state index in [1.165, 1.54) is 18.7 Å². The van der Waals surface area contributed by atoms with Crippen LogP contribution in [0, 0.1) is 0 Å². The minimum atomic E-state index is -1.10. The molecule has 1 unspecified atom stereocenters. The van der Waals surface area contributed by atoms with Crippen LogP contribution in [0.15, 0.2) is 30.3 Å². The number of carboxylic acids is 1. The van der Waals surface area contributed by atoms with Gasteiger partial charge in [-0.05, 0) is 12.5 Å². The molecule has 0 aliphatic heterocycles. The van der Waals surface area contributed by atoms with Crippen molar-refractivity contribution in [3.8, 4) is 0 Å². The van der Waals surface area contributed by atoms with E-state index in [2.05, 4.69) is 10.6 Å². The number of nitrogens with one attached hydrogen (secondary N) is 2. The Kier molecular flexibility index (Phi) is 8.83. The smallest absolute Gasteiger partial charge is 0.326 e. The quantitative estimate of drug-likeness (QED) is 0.524. The maximum atomic E-state index is 12.4. The summed E-state index contributed by atoms with van der Waals surface area (Å²) in [4.78, 5) is 47.5. The zero-order chi connectivity index (χ0) is 19.5. The number of carboxylic acid groups (broad SMARTS) is 1. The van der Waals surface area contributed by atoms with E-state index in [4.69, 9.17) is 0 Å². The van der Waals surface area contributed by atoms with Crippen molar-refractivity contribution in [2.75, 3.05) is 13.1 Å². The number of rotatable bonds is 10. The van der Waals surface area contributed by atoms with Crippen molar-refractivity contribution < 1.29 is 24.3 Å². The summed E-state index contributed by atoms with van der Waals surface area (Å²) in [6.45, 7) is 3.57. The lowest BCUT2D eigenvalue weighted by Crippen LogP contribution is -2.43. The first-order valence-electron chi connectivity index (χ1n) is 8.38. The average Bonchev–Trinajstić information content (AvgIpc) is 2.61. The molecule has 142 valence electrons. The zero-order valence-corrected chi connectivity index (χ0v) is 15.0. The Balaban J connectivity index is 2.55. The highest BCUT2D eigenvalue weighted by Crippen LogP contribution is 2.11. The van der Waals surface area contributed by atoms with E-state index >= 15 is 0 Å². The number of hydrogen-bond acceptors (Lipinski definition) is 4. The van der Waals surface area contributed by atoms with Gasteiger partial charge in [-0.25, -0.2) is 4.79 Å². The molecule has 0 aromatic heterocycles. The van der Waals surface area contributed by atoms with E-state index < -0.39 is 17.9 Å². The highest BCUT2D eigenvalue weighted by atomic mass is 16.4. The highest BCUT2D eigenvalue weighted by molar-refractivity contribution is 5.86. The fourth-order valence-electron chi connectivity index (χ4n) is 2.25. The molecule has 0 saturated heterocycles. The molecule has 0 bridgehead atoms. The predicted octanol–water partition coefficient (Wildman–Crippen LogP) is 0.521. The van der Waals surface area contributed by atoms with Gasteiger partial charge in [-0.15, -0.1) is 0 Å². The minimum absolute atomic E-state index is 0.0451. The minimum Gasteiger partial charge on any atom is -0.480 e. The lowest BCUT2D eigenvalue weighted by Gasteiger charge is -2.26. The fraction of sp³-hybridized carbons (Fsp3) is 0.444. The van der Waals surface area contributed by atoms with Crippen LogP contribution in [0.25, 0.3) is 0 Å². The van der Waals surface area contributed by atoms with Gasteiger partial charge in [-0.2, -0.15) is 0 Å². The van der Waals surface area contributed by atoms with Crippen LogP contribution in [0.3, 0.4) is 0 Å². The molecule has 1 rings (SSSR count). The third kappa shape index (κ3) is 7.78. The summed E-state index contributed by atoms with van der Waals surface area (Å²) < 4.78 is 0. The summed E-state index contributed by atoms with van der Waals surface area (Å²) in [6, 6.07) is 8.08. The first-order chi connectivity index (χ1) is 12.3. The third-order valence-electron chi connectivity index (χ3n) is 3.73. The van der Waals surface area contributed by atoms with E-state index in [0.717, 1.165) is 5.56 Å². The molecule has 1 aromatic carbocycles. The number of amides is 3. The normalized spacial score (nSPS) is 11.3. The van der Waals surface area contributed by atoms with Gasteiger partial charge < -0.3 is 20.6 Å². The monoisotopic (exact) mass is 363 g/mol. The molecule has 8 nitrogen and oxygen atoms in total. The SMILES string of the molecule is CC(=O)NCCNC(=O)CCC(=O)N(Cc1ccccc1)C(C)C(=O)O. The Morgan fingerprint density at radius 2 is 1.65 bits per heavy atom. The molecule has 26 heavy (non-hydrogen) atoms. The molecular formula is C18H25N3O5. The summed E-state index contributed by atoms with van der Waals surface area (Å²) in [7, 11) is 0. The number of nitrogens with zero attached hydrogens (tertiary/aromatic N) is 1. The van der Waals surface area contributed by atoms with Crippen molar-refractivity contribution >= 4 is 23.7 Å². The van der Waals surface area contributed by atoms with Gasteiger partial charge in [0.2, 0.25) is 17.7 Å². The van der Waals surface area contributed by atoms with Crippen LogP contribution in [0.2, 0.25) is 0 Å². The molecule has 0 aliphatic carbocycles. The second kappa shape index (κ2) is 10.9. The Morgan fingerprint density at radius 3 is 2.23 bits per heavy atom. The highest BCUT2D eigenvalue weighted by Gasteiger charge is 2.25. The maximum absolute atomic E-state index is 12.4. The van der Waals surface area contributed by atoms with Gasteiger partial charge in [0, 0.05) is 39.4 Å². The summed E-state index contributed by atoms with van der Waals surface area (Å²) in [5.74, 6) is -2.02. The Morgan fingerprint density at radius 1 is 1.04 bits per heavy atom. The van der Waals surface area contributed by atoms with E-state index in [1.807, 2.05) is 30.3 Å². The molecule has 3 amide bonds. The molecule has 0 aliphatic rings. The number of hydrogen-bond donors (Lipinski definition) is 3. The Bertz CT molecular complexity index is 633. The largest absolute Gasteiger partial charge is 0.480 e. The molecule has 0 heterocycles. The molecule has 0 saturated carbocycles. The standard InChI is InChI=1S/C18H25N3O5/c1-13(18(25)26)21(12-15-6-4-3-5-7-15)17(24)9-8-16(23)20-11-10-19-14(2)22/h3-7,13H,8-12H2,1-2H3,(H,19,22)(H,20,23)(H,25,26). The molecule has 1 aromatic rings. The lowest BCUT2D eigenvalue weighted by molar-refractivity contribution is -0.150. The van der Waals surface area contributed by atoms with Crippen molar-refractivity contribution in [2.24, 2.45) is 0 Å². The second-order valence-corrected chi connectivity index (χ2v) is 5.85. The van der Waals surface area contributed by atoms with Gasteiger partial charge in [-0.1, -0.05) is 30.3 Å². The Labute approximate surface area is 152 Å². The Hall–Kier alpha value is -2.90. The van der Waals surface area contributed by atoms with Gasteiger partial charge in [0.25, 0.3) is 0 Å². The summed E-state index contributed by atoms with van der Waals surface area (Å²) in [6.07, 6.45) is -0.132. The first-order valence-corrected chi connectivity index (χ1v) is 8.38. The molecule has 3 N–H and O–H groups in total. The predicted molar refractivity (Wildman–Crippen MR) is 95.0 cm³/mol. The molecule has 1 atom stereocenters. The number of benzene rings is 1. The van der Waals surface area contributed by atoms with E-state index in [0.29, 0.717) is 6.54 Å². The zero-order valence-electron chi connectivity index (χ0n) is 15.0. The van der Waals surface area contributed by atoms with Gasteiger partial charge >= 0.3 is 5.97 Å². The number of aliphatic carboxylic acids is 1. The second-order valence-electron chi connectivity index (χ2n) is 5.85. The van der Waals surface area contributed by atoms with Crippen LogP contribution in [-0.4, -0.2) is 52.8 Å². The molecule has 8 heteroatoms. The van der Waals surface area contributed by atoms with Crippen LogP contribution in [0.1, 0.15) is 32.3 Å². The third-order valence-corrected chi connectivity index (χ3v) is 3.73. The van der Waals surface area contributed by atoms with Crippen molar-refractivity contribution in [1.29, 1.82) is 0 Å². The van der Waals surface area contributed by atoms with Crippen molar-refractivity contribution in [3.63, 3.8) is 0 Å². The van der Waals surface area contributed by atoms with Crippen LogP contribution in [-0.2, 0) is 25.7 Å². The van der Waals surface area contributed by atoms with Crippen LogP contribution >= 0.6 is 0 Å². The molecule has 0 radical (unpaired) electrons. The molecule has 0 fully saturated rings. The molecular weight excluding hydrogens is 338 g/mol. The maximum Gasteiger partial charge on any atom is 0.326 e. The van der Waals surface area contributed by atoms with Gasteiger partial charge in [-0.3, -0.25) is 14.4 Å². The van der Waals surface area contributed by atoms with Gasteiger partial charge in [0.15, 0.2) is 0 Å². The molecule has 0 spiro atoms. The van der Waals surface area contributed by atoms with Crippen molar-refractivity contribution in [1.82, 2.24) is 15.5 Å². The van der Waals surface area contributed by atoms with Crippen molar-refractivity contribution in [3.05, 3.63) is 35.9 Å². The van der Waals surface area contributed by atoms with E-state index in [-0.39, 0.29) is 37.7 Å². The van der Waals surface area contributed by atoms with Crippen LogP contribution < -0.4 is 10.6 Å². The fourth-order valence-corrected chi connectivity index (χ4v) is 2.25. The van der Waals surface area contributed by atoms with Crippen molar-refractivity contribution in [2.45, 2.75) is 39.3 Å². The number of carbonyl (C=O) groups is 4. The lowest BCUT2D eigenvalue weighted by atomic mass is 10.1. The van der Waals surface area contributed by atoms with Gasteiger partial charge in [0.05, 0.1) is 0 Å². The average molecular weight is 363 g/mol. The van der Waals surface area contributed by atoms with Gasteiger partial charge in [0.1, 0.15) is 6.04 Å². The van der Waals surface area contributed by atoms with Crippen LogP contribution in [0.4, 0.5) is 0 Å². The number of carbonyl (C=O) groups excluding carboxylic acids is 3.